The summed E-state index contributed by atoms with van der Waals surface area (Å²) in [5.74, 6) is 0.607. The molecule has 0 radical (unpaired) electrons. The Labute approximate surface area is 176 Å². The molecule has 0 aliphatic carbocycles. The van der Waals surface area contributed by atoms with Crippen LogP contribution < -0.4 is 4.74 Å². The Kier molecular flexibility index (Phi) is 6.87. The molecular formula is C23H25NO5S. The highest BCUT2D eigenvalue weighted by molar-refractivity contribution is 7.85. The van der Waals surface area contributed by atoms with Crippen molar-refractivity contribution in [1.82, 2.24) is 4.98 Å². The van der Waals surface area contributed by atoms with Crippen molar-refractivity contribution in [1.29, 1.82) is 0 Å². The molecule has 6 nitrogen and oxygen atoms in total. The summed E-state index contributed by atoms with van der Waals surface area (Å²) in [6.45, 7) is 3.69. The molecule has 0 saturated heterocycles. The Balaban J connectivity index is 1.66. The van der Waals surface area contributed by atoms with Crippen LogP contribution in [0, 0.1) is 6.92 Å². The summed E-state index contributed by atoms with van der Waals surface area (Å²) in [4.78, 5) is 3.93. The van der Waals surface area contributed by atoms with Crippen LogP contribution in [-0.4, -0.2) is 35.3 Å². The molecule has 3 rings (SSSR count). The molecule has 30 heavy (non-hydrogen) atoms. The van der Waals surface area contributed by atoms with Gasteiger partial charge in [-0.1, -0.05) is 24.3 Å². The Morgan fingerprint density at radius 3 is 2.47 bits per heavy atom. The van der Waals surface area contributed by atoms with Gasteiger partial charge in [-0.2, -0.15) is 8.42 Å². The topological polar surface area (TPSA) is 96.7 Å². The maximum Gasteiger partial charge on any atom is 0.294 e. The number of aliphatic hydroxyl groups excluding tert-OH is 1. The van der Waals surface area contributed by atoms with Crippen LogP contribution in [0.4, 0.5) is 0 Å². The number of nitrogens with zero attached hydrogens (tertiary/aromatic N) is 1. The highest BCUT2D eigenvalue weighted by atomic mass is 32.2. The summed E-state index contributed by atoms with van der Waals surface area (Å²) in [6, 6.07) is 15.5. The third kappa shape index (κ3) is 5.66. The van der Waals surface area contributed by atoms with Gasteiger partial charge in [0.25, 0.3) is 10.1 Å². The number of benzene rings is 2. The second kappa shape index (κ2) is 9.38. The first-order valence-electron chi connectivity index (χ1n) is 9.66. The van der Waals surface area contributed by atoms with E-state index in [9.17, 15) is 18.1 Å². The zero-order valence-corrected chi connectivity index (χ0v) is 17.7. The minimum Gasteiger partial charge on any atom is -0.488 e. The number of aryl methyl sites for hydroxylation is 2. The fourth-order valence-electron chi connectivity index (χ4n) is 3.17. The van der Waals surface area contributed by atoms with Crippen molar-refractivity contribution in [3.63, 3.8) is 0 Å². The molecule has 2 aromatic carbocycles. The lowest BCUT2D eigenvalue weighted by molar-refractivity contribution is 0.0420. The van der Waals surface area contributed by atoms with Gasteiger partial charge in [-0.15, -0.1) is 0 Å². The fourth-order valence-corrected chi connectivity index (χ4v) is 3.68. The molecule has 0 aliphatic heterocycles. The Morgan fingerprint density at radius 1 is 1.10 bits per heavy atom. The molecule has 2 unspecified atom stereocenters. The Bertz CT molecular complexity index is 1080. The van der Waals surface area contributed by atoms with E-state index >= 15 is 0 Å². The summed E-state index contributed by atoms with van der Waals surface area (Å²) < 4.78 is 38.0. The molecule has 2 atom stereocenters. The highest BCUT2D eigenvalue weighted by Crippen LogP contribution is 2.28. The molecule has 1 aromatic heterocycles. The van der Waals surface area contributed by atoms with E-state index in [2.05, 4.69) is 4.98 Å². The van der Waals surface area contributed by atoms with E-state index in [1.807, 2.05) is 38.1 Å². The molecule has 3 aromatic rings. The zero-order valence-electron chi connectivity index (χ0n) is 16.9. The van der Waals surface area contributed by atoms with Gasteiger partial charge in [0, 0.05) is 12.4 Å². The third-order valence-corrected chi connectivity index (χ3v) is 5.84. The van der Waals surface area contributed by atoms with Crippen molar-refractivity contribution in [3.8, 4) is 16.9 Å². The van der Waals surface area contributed by atoms with Crippen LogP contribution in [0.3, 0.4) is 0 Å². The number of pyridine rings is 1. The molecule has 158 valence electrons. The van der Waals surface area contributed by atoms with Crippen molar-refractivity contribution in [2.45, 2.75) is 43.8 Å². The lowest BCUT2D eigenvalue weighted by atomic mass is 10.0. The summed E-state index contributed by atoms with van der Waals surface area (Å²) in [6.07, 6.45) is 3.76. The monoisotopic (exact) mass is 427 g/mol. The number of aliphatic hydroxyl groups is 1. The van der Waals surface area contributed by atoms with Crippen molar-refractivity contribution in [3.05, 3.63) is 78.1 Å². The van der Waals surface area contributed by atoms with E-state index in [1.165, 1.54) is 12.1 Å². The minimum atomic E-state index is -4.27. The molecule has 1 heterocycles. The third-order valence-electron chi connectivity index (χ3n) is 4.99. The molecule has 0 fully saturated rings. The van der Waals surface area contributed by atoms with Gasteiger partial charge < -0.3 is 9.84 Å². The molecule has 2 N–H and O–H groups in total. The predicted octanol–water partition coefficient (Wildman–Crippen LogP) is 4.06. The average Bonchev–Trinajstić information content (AvgIpc) is 2.73. The first kappa shape index (κ1) is 22.0. The standard InChI is InChI=1S/C23H25NO5S/c1-16-5-11-21(30(26,27)28)14-22(16)19-7-9-20(10-8-19)29-17(2)23(25)12-6-18-4-3-13-24-15-18/h3-5,7-11,13-15,17,23,25H,6,12H2,1-2H3,(H,26,27,28). The number of rotatable bonds is 8. The zero-order chi connectivity index (χ0) is 21.7. The van der Waals surface area contributed by atoms with Crippen LogP contribution >= 0.6 is 0 Å². The maximum absolute atomic E-state index is 11.4. The van der Waals surface area contributed by atoms with Gasteiger partial charge in [-0.05, 0) is 79.3 Å². The second-order valence-electron chi connectivity index (χ2n) is 7.27. The maximum atomic E-state index is 11.4. The summed E-state index contributed by atoms with van der Waals surface area (Å²) in [5.41, 5.74) is 3.46. The second-order valence-corrected chi connectivity index (χ2v) is 8.69. The van der Waals surface area contributed by atoms with Crippen LogP contribution in [0.15, 0.2) is 71.9 Å². The summed E-state index contributed by atoms with van der Waals surface area (Å²) in [7, 11) is -4.27. The fraction of sp³-hybridized carbons (Fsp3) is 0.261. The number of hydrogen-bond donors (Lipinski definition) is 2. The van der Waals surface area contributed by atoms with E-state index in [-0.39, 0.29) is 4.90 Å². The normalized spacial score (nSPS) is 13.6. The van der Waals surface area contributed by atoms with E-state index in [1.54, 1.807) is 30.6 Å². The van der Waals surface area contributed by atoms with Crippen molar-refractivity contribution in [2.24, 2.45) is 0 Å². The minimum absolute atomic E-state index is 0.145. The van der Waals surface area contributed by atoms with Gasteiger partial charge >= 0.3 is 0 Å². The Morgan fingerprint density at radius 2 is 1.83 bits per heavy atom. The van der Waals surface area contributed by atoms with Gasteiger partial charge in [-0.25, -0.2) is 0 Å². The highest BCUT2D eigenvalue weighted by Gasteiger charge is 2.17. The first-order chi connectivity index (χ1) is 14.2. The lowest BCUT2D eigenvalue weighted by Crippen LogP contribution is -2.29. The van der Waals surface area contributed by atoms with Gasteiger partial charge in [0.15, 0.2) is 0 Å². The summed E-state index contributed by atoms with van der Waals surface area (Å²) in [5, 5.41) is 10.4. The Hall–Kier alpha value is -2.74. The van der Waals surface area contributed by atoms with Crippen molar-refractivity contribution in [2.75, 3.05) is 0 Å². The number of hydrogen-bond acceptors (Lipinski definition) is 5. The molecule has 0 spiro atoms. The van der Waals surface area contributed by atoms with Gasteiger partial charge in [0.2, 0.25) is 0 Å². The molecule has 0 bridgehead atoms. The largest absolute Gasteiger partial charge is 0.488 e. The molecule has 0 amide bonds. The molecule has 7 heteroatoms. The first-order valence-corrected chi connectivity index (χ1v) is 11.1. The molecule has 0 aliphatic rings. The van der Waals surface area contributed by atoms with Crippen LogP contribution in [0.25, 0.3) is 11.1 Å². The SMILES string of the molecule is Cc1ccc(S(=O)(=O)O)cc1-c1ccc(OC(C)C(O)CCc2cccnc2)cc1. The quantitative estimate of drug-likeness (QED) is 0.526. The van der Waals surface area contributed by atoms with Gasteiger partial charge in [-0.3, -0.25) is 9.54 Å². The van der Waals surface area contributed by atoms with E-state index in [0.29, 0.717) is 24.2 Å². The van der Waals surface area contributed by atoms with Crippen LogP contribution in [0.5, 0.6) is 5.75 Å². The van der Waals surface area contributed by atoms with Gasteiger partial charge in [0.1, 0.15) is 11.9 Å². The lowest BCUT2D eigenvalue weighted by Gasteiger charge is -2.21. The number of aromatic nitrogens is 1. The van der Waals surface area contributed by atoms with Crippen molar-refractivity contribution >= 4 is 10.1 Å². The van der Waals surface area contributed by atoms with Crippen LogP contribution in [0.1, 0.15) is 24.5 Å². The number of ether oxygens (including phenoxy) is 1. The summed E-state index contributed by atoms with van der Waals surface area (Å²) >= 11 is 0. The van der Waals surface area contributed by atoms with Crippen LogP contribution in [0.2, 0.25) is 0 Å². The smallest absolute Gasteiger partial charge is 0.294 e. The molecular weight excluding hydrogens is 402 g/mol. The molecule has 0 saturated carbocycles. The van der Waals surface area contributed by atoms with E-state index in [4.69, 9.17) is 4.74 Å². The van der Waals surface area contributed by atoms with Gasteiger partial charge in [0.05, 0.1) is 11.0 Å². The average molecular weight is 428 g/mol. The van der Waals surface area contributed by atoms with E-state index < -0.39 is 22.3 Å². The van der Waals surface area contributed by atoms with Crippen molar-refractivity contribution < 1.29 is 22.8 Å². The van der Waals surface area contributed by atoms with E-state index in [0.717, 1.165) is 16.7 Å². The predicted molar refractivity (Wildman–Crippen MR) is 115 cm³/mol. The van der Waals surface area contributed by atoms with Crippen LogP contribution in [-0.2, 0) is 16.5 Å².